The summed E-state index contributed by atoms with van der Waals surface area (Å²) >= 11 is 0. The van der Waals surface area contributed by atoms with Gasteiger partial charge in [-0.2, -0.15) is 0 Å². The van der Waals surface area contributed by atoms with E-state index in [0.717, 1.165) is 16.8 Å². The van der Waals surface area contributed by atoms with Gasteiger partial charge in [-0.05, 0) is 121 Å². The van der Waals surface area contributed by atoms with Crippen LogP contribution in [0.15, 0.2) is 60.4 Å². The second-order valence-corrected chi connectivity index (χ2v) is 20.9. The summed E-state index contributed by atoms with van der Waals surface area (Å²) in [6.45, 7) is 29.5. The quantitative estimate of drug-likeness (QED) is 0.114. The Morgan fingerprint density at radius 1 is 0.891 bits per heavy atom. The maximum Gasteiger partial charge on any atom is 0.159 e. The Bertz CT molecular complexity index is 1980. The molecule has 0 atom stereocenters. The summed E-state index contributed by atoms with van der Waals surface area (Å²) in [6, 6.07) is 22.0. The molecule has 1 spiro atoms. The fourth-order valence-electron chi connectivity index (χ4n) is 10.8. The number of ketones is 1. The molecule has 6 rings (SSSR count). The van der Waals surface area contributed by atoms with Gasteiger partial charge in [0.15, 0.2) is 5.78 Å². The number of pyridine rings is 1. The molecular weight excluding hydrogens is 851 g/mol. The smallest absolute Gasteiger partial charge is 0.159 e. The molecule has 1 N–H and O–H groups in total. The maximum atomic E-state index is 11.2. The van der Waals surface area contributed by atoms with Crippen LogP contribution in [0.1, 0.15) is 162 Å². The van der Waals surface area contributed by atoms with Gasteiger partial charge < -0.3 is 5.11 Å². The Morgan fingerprint density at radius 3 is 2.07 bits per heavy atom. The summed E-state index contributed by atoms with van der Waals surface area (Å²) in [4.78, 5) is 16.6. The van der Waals surface area contributed by atoms with Crippen LogP contribution < -0.4 is 0 Å². The summed E-state index contributed by atoms with van der Waals surface area (Å²) in [6.07, 6.45) is 11.9. The minimum atomic E-state index is 0. The van der Waals surface area contributed by atoms with Crippen molar-refractivity contribution >= 4 is 27.5 Å². The number of carbonyl (C=O) groups is 1. The molecule has 3 aromatic carbocycles. The average molecular weight is 921 g/mol. The molecule has 0 aliphatic heterocycles. The van der Waals surface area contributed by atoms with Gasteiger partial charge in [0.1, 0.15) is 0 Å². The number of carbonyl (C=O) groups excluding carboxylic acids is 1. The normalized spacial score (nSPS) is 18.3. The van der Waals surface area contributed by atoms with Crippen molar-refractivity contribution in [3.05, 3.63) is 88.7 Å². The van der Waals surface area contributed by atoms with Crippen LogP contribution in [-0.4, -0.2) is 15.9 Å². The van der Waals surface area contributed by atoms with E-state index < -0.39 is 0 Å². The van der Waals surface area contributed by atoms with Crippen LogP contribution in [0, 0.1) is 48.0 Å². The molecule has 4 heteroatoms. The third kappa shape index (κ3) is 11.4. The largest absolute Gasteiger partial charge is 0.512 e. The molecular formula is C51H70IrNO2-. The number of allylic oxidation sites excluding steroid dienone is 2. The third-order valence-corrected chi connectivity index (χ3v) is 11.8. The summed E-state index contributed by atoms with van der Waals surface area (Å²) in [5.41, 5.74) is 10.3. The van der Waals surface area contributed by atoms with Crippen molar-refractivity contribution in [1.29, 1.82) is 0 Å². The van der Waals surface area contributed by atoms with E-state index in [2.05, 4.69) is 117 Å². The fourth-order valence-corrected chi connectivity index (χ4v) is 10.8. The van der Waals surface area contributed by atoms with Crippen LogP contribution >= 0.6 is 0 Å². The van der Waals surface area contributed by atoms with Crippen molar-refractivity contribution in [3.63, 3.8) is 0 Å². The zero-order chi connectivity index (χ0) is 39.8. The molecule has 3 nitrogen and oxygen atoms in total. The Hall–Kier alpha value is -2.81. The molecule has 2 aliphatic carbocycles. The molecule has 0 saturated heterocycles. The standard InChI is InChI=1S/C40H50N.C11H20O2.Ir/c1-26-18-27(2)36-32(28-14-16-40(17-15-28)24-38(6,7)23-39(8,9)25-40)22-34(41-35(36)19-26)30-20-29-12-10-11-13-31(29)33(21-30)37(3,4)5;1-8(2)5-10(12)7-11(13)6-9(3)4;/h10-13,18-19,21-22,28H,14-17,23-25H2,1-9H3;7-9,12H,5-6H2,1-4H3;/q-1;;/b;10-7-;. The molecule has 1 aromatic heterocycles. The van der Waals surface area contributed by atoms with E-state index in [-0.39, 0.29) is 37.1 Å². The number of hydrogen-bond donors (Lipinski definition) is 1. The van der Waals surface area contributed by atoms with E-state index in [4.69, 9.17) is 4.98 Å². The van der Waals surface area contributed by atoms with E-state index in [0.29, 0.717) is 46.8 Å². The molecule has 1 radical (unpaired) electrons. The Labute approximate surface area is 347 Å². The first-order valence-corrected chi connectivity index (χ1v) is 20.9. The Morgan fingerprint density at radius 2 is 1.49 bits per heavy atom. The first-order chi connectivity index (χ1) is 25.1. The van der Waals surface area contributed by atoms with Crippen molar-refractivity contribution in [1.82, 2.24) is 4.98 Å². The first-order valence-electron chi connectivity index (χ1n) is 20.9. The van der Waals surface area contributed by atoms with Crippen molar-refractivity contribution < 1.29 is 30.0 Å². The van der Waals surface area contributed by atoms with Crippen LogP contribution in [0.2, 0.25) is 0 Å². The molecule has 2 fully saturated rings. The monoisotopic (exact) mass is 922 g/mol. The van der Waals surface area contributed by atoms with Gasteiger partial charge in [0.2, 0.25) is 0 Å². The molecule has 0 bridgehead atoms. The van der Waals surface area contributed by atoms with Crippen molar-refractivity contribution in [2.45, 2.75) is 159 Å². The maximum absolute atomic E-state index is 11.2. The fraction of sp³-hybridized carbons (Fsp3) is 0.569. The van der Waals surface area contributed by atoms with Crippen LogP contribution in [0.3, 0.4) is 0 Å². The number of fused-ring (bicyclic) bond motifs is 2. The number of aliphatic hydroxyl groups excluding tert-OH is 1. The molecule has 0 amide bonds. The van der Waals surface area contributed by atoms with Gasteiger partial charge in [-0.1, -0.05) is 117 Å². The minimum absolute atomic E-state index is 0. The predicted octanol–water partition coefficient (Wildman–Crippen LogP) is 14.7. The first kappa shape index (κ1) is 44.9. The Kier molecular flexibility index (Phi) is 14.2. The van der Waals surface area contributed by atoms with E-state index in [1.165, 1.54) is 89.4 Å². The van der Waals surface area contributed by atoms with Gasteiger partial charge in [-0.15, -0.1) is 29.1 Å². The molecule has 0 unspecified atom stereocenters. The van der Waals surface area contributed by atoms with Crippen LogP contribution in [-0.2, 0) is 30.3 Å². The van der Waals surface area contributed by atoms with Gasteiger partial charge in [-0.25, -0.2) is 0 Å². The second-order valence-electron chi connectivity index (χ2n) is 20.9. The second kappa shape index (κ2) is 17.4. The SMILES string of the molecule is CC(C)CC(=O)/C=C(\O)CC(C)C.Cc1cc(C)c2c(C3CCC4(CC3)CC(C)(C)CC(C)(C)C4)cc(-c3[c-]c4ccccc4c(C(C)(C)C)c3)nc2c1.[Ir]. The van der Waals surface area contributed by atoms with Crippen LogP contribution in [0.25, 0.3) is 32.9 Å². The summed E-state index contributed by atoms with van der Waals surface area (Å²) in [5, 5.41) is 13.2. The van der Waals surface area contributed by atoms with E-state index in [1.54, 1.807) is 0 Å². The molecule has 2 aliphatic rings. The molecule has 4 aromatic rings. The number of aryl methyl sites for hydroxylation is 2. The Balaban J connectivity index is 0.000000414. The molecule has 55 heavy (non-hydrogen) atoms. The van der Waals surface area contributed by atoms with Gasteiger partial charge in [0, 0.05) is 50.1 Å². The van der Waals surface area contributed by atoms with Crippen LogP contribution in [0.4, 0.5) is 0 Å². The van der Waals surface area contributed by atoms with Crippen molar-refractivity contribution in [2.75, 3.05) is 0 Å². The van der Waals surface area contributed by atoms with Gasteiger partial charge in [0.05, 0.1) is 11.3 Å². The number of aromatic nitrogens is 1. The van der Waals surface area contributed by atoms with Crippen molar-refractivity contribution in [3.8, 4) is 11.3 Å². The number of aliphatic hydroxyl groups is 1. The third-order valence-electron chi connectivity index (χ3n) is 11.8. The van der Waals surface area contributed by atoms with Gasteiger partial charge in [-0.3, -0.25) is 9.78 Å². The zero-order valence-electron chi connectivity index (χ0n) is 36.4. The molecule has 1 heterocycles. The predicted molar refractivity (Wildman–Crippen MR) is 231 cm³/mol. The van der Waals surface area contributed by atoms with E-state index in [1.807, 2.05) is 27.7 Å². The average Bonchev–Trinajstić information content (AvgIpc) is 3.01. The summed E-state index contributed by atoms with van der Waals surface area (Å²) in [5.74, 6) is 1.56. The number of rotatable bonds is 7. The van der Waals surface area contributed by atoms with Crippen LogP contribution in [0.5, 0.6) is 0 Å². The van der Waals surface area contributed by atoms with Gasteiger partial charge in [0.25, 0.3) is 0 Å². The topological polar surface area (TPSA) is 50.2 Å². The van der Waals surface area contributed by atoms with Crippen molar-refractivity contribution in [2.24, 2.45) is 28.1 Å². The van der Waals surface area contributed by atoms with Gasteiger partial charge >= 0.3 is 0 Å². The van der Waals surface area contributed by atoms with E-state index >= 15 is 0 Å². The molecule has 2 saturated carbocycles. The minimum Gasteiger partial charge on any atom is -0.512 e. The number of benzene rings is 3. The van der Waals surface area contributed by atoms with E-state index in [9.17, 15) is 9.90 Å². The summed E-state index contributed by atoms with van der Waals surface area (Å²) < 4.78 is 0. The zero-order valence-corrected chi connectivity index (χ0v) is 38.8. The number of hydrogen-bond acceptors (Lipinski definition) is 3. The summed E-state index contributed by atoms with van der Waals surface area (Å²) in [7, 11) is 0. The molecule has 301 valence electrons. The number of nitrogens with zero attached hydrogens (tertiary/aromatic N) is 1.